The molecule has 1 aliphatic heterocycles. The van der Waals surface area contributed by atoms with Crippen molar-refractivity contribution in [1.29, 1.82) is 0 Å². The Morgan fingerprint density at radius 3 is 2.02 bits per heavy atom. The van der Waals surface area contributed by atoms with E-state index in [1.54, 1.807) is 24.1 Å². The van der Waals surface area contributed by atoms with E-state index in [-0.39, 0.29) is 23.4 Å². The van der Waals surface area contributed by atoms with Crippen molar-refractivity contribution in [1.82, 2.24) is 9.80 Å². The van der Waals surface area contributed by atoms with Gasteiger partial charge in [0.25, 0.3) is 0 Å². The molecule has 6 nitrogen and oxygen atoms in total. The second-order valence-electron chi connectivity index (χ2n) is 9.59. The minimum absolute atomic E-state index is 0.0726. The monoisotopic (exact) mass is 581 g/mol. The summed E-state index contributed by atoms with van der Waals surface area (Å²) in [5.74, 6) is 1.04. The van der Waals surface area contributed by atoms with Crippen molar-refractivity contribution in [3.8, 4) is 11.5 Å². The average Bonchev–Trinajstić information content (AvgIpc) is 2.95. The third-order valence-electron chi connectivity index (χ3n) is 6.67. The fourth-order valence-electron chi connectivity index (χ4n) is 4.40. The molecule has 1 saturated heterocycles. The summed E-state index contributed by atoms with van der Waals surface area (Å²) >= 11 is 0. The molecule has 41 heavy (non-hydrogen) atoms. The van der Waals surface area contributed by atoms with Gasteiger partial charge in [-0.2, -0.15) is 26.3 Å². The summed E-state index contributed by atoms with van der Waals surface area (Å²) in [5.41, 5.74) is -1.42. The number of carbonyl (C=O) groups excluding carboxylic acids is 1. The number of halogens is 6. The van der Waals surface area contributed by atoms with E-state index < -0.39 is 30.1 Å². The van der Waals surface area contributed by atoms with Gasteiger partial charge >= 0.3 is 18.4 Å². The van der Waals surface area contributed by atoms with Crippen molar-refractivity contribution in [2.45, 2.75) is 25.4 Å². The highest BCUT2D eigenvalue weighted by Gasteiger charge is 2.37. The summed E-state index contributed by atoms with van der Waals surface area (Å²) in [4.78, 5) is 16.7. The summed E-state index contributed by atoms with van der Waals surface area (Å²) in [6.07, 6.45) is -8.99. The van der Waals surface area contributed by atoms with E-state index in [1.165, 1.54) is 17.7 Å². The number of ether oxygens (including phenoxy) is 2. The minimum atomic E-state index is -4.93. The van der Waals surface area contributed by atoms with Crippen LogP contribution >= 0.6 is 0 Å². The number of benzene rings is 3. The van der Waals surface area contributed by atoms with E-state index in [2.05, 4.69) is 16.3 Å². The SMILES string of the molecule is COc1cccc(CCN2CCN(C(=O)Nc3ccc(OCc4cc(C(F)(F)F)cc(C(F)(F)F)c4)cc3)CC2)c1. The van der Waals surface area contributed by atoms with Gasteiger partial charge in [-0.25, -0.2) is 4.79 Å². The molecular formula is C29H29F6N3O3. The van der Waals surface area contributed by atoms with Gasteiger partial charge in [-0.1, -0.05) is 12.1 Å². The maximum atomic E-state index is 13.1. The number of amides is 2. The van der Waals surface area contributed by atoms with Gasteiger partial charge < -0.3 is 19.7 Å². The van der Waals surface area contributed by atoms with Crippen molar-refractivity contribution in [3.63, 3.8) is 0 Å². The summed E-state index contributed by atoms with van der Waals surface area (Å²) in [7, 11) is 1.63. The molecule has 0 bridgehead atoms. The minimum Gasteiger partial charge on any atom is -0.497 e. The Balaban J connectivity index is 1.25. The van der Waals surface area contributed by atoms with E-state index in [0.29, 0.717) is 30.9 Å². The van der Waals surface area contributed by atoms with Gasteiger partial charge in [0.2, 0.25) is 0 Å². The quantitative estimate of drug-likeness (QED) is 0.301. The summed E-state index contributed by atoms with van der Waals surface area (Å²) in [6.45, 7) is 2.94. The Morgan fingerprint density at radius 2 is 1.44 bits per heavy atom. The molecule has 0 aliphatic carbocycles. The molecular weight excluding hydrogens is 552 g/mol. The highest BCUT2D eigenvalue weighted by Crippen LogP contribution is 2.36. The van der Waals surface area contributed by atoms with Gasteiger partial charge in [0.1, 0.15) is 18.1 Å². The first-order valence-corrected chi connectivity index (χ1v) is 12.8. The third kappa shape index (κ3) is 8.53. The van der Waals surface area contributed by atoms with Crippen molar-refractivity contribution >= 4 is 11.7 Å². The second kappa shape index (κ2) is 12.7. The number of hydrogen-bond acceptors (Lipinski definition) is 4. The Labute approximate surface area is 233 Å². The Bertz CT molecular complexity index is 1290. The van der Waals surface area contributed by atoms with Crippen molar-refractivity contribution < 1.29 is 40.6 Å². The molecule has 0 aromatic heterocycles. The molecule has 2 amide bonds. The van der Waals surface area contributed by atoms with Gasteiger partial charge in [0, 0.05) is 38.4 Å². The first-order chi connectivity index (χ1) is 19.4. The number of nitrogens with zero attached hydrogens (tertiary/aromatic N) is 2. The topological polar surface area (TPSA) is 54.0 Å². The molecule has 1 fully saturated rings. The van der Waals surface area contributed by atoms with Gasteiger partial charge in [-0.3, -0.25) is 4.90 Å². The van der Waals surface area contributed by atoms with Crippen molar-refractivity contribution in [2.24, 2.45) is 0 Å². The first-order valence-electron chi connectivity index (χ1n) is 12.8. The lowest BCUT2D eigenvalue weighted by Crippen LogP contribution is -2.50. The van der Waals surface area contributed by atoms with E-state index in [9.17, 15) is 31.1 Å². The van der Waals surface area contributed by atoms with Crippen LogP contribution in [0.1, 0.15) is 22.3 Å². The molecule has 220 valence electrons. The van der Waals surface area contributed by atoms with Crippen LogP contribution in [0.15, 0.2) is 66.7 Å². The molecule has 0 unspecified atom stereocenters. The molecule has 4 rings (SSSR count). The molecule has 1 N–H and O–H groups in total. The Morgan fingerprint density at radius 1 is 0.805 bits per heavy atom. The molecule has 1 heterocycles. The summed E-state index contributed by atoms with van der Waals surface area (Å²) < 4.78 is 89.1. The number of carbonyl (C=O) groups is 1. The predicted octanol–water partition coefficient (Wildman–Crippen LogP) is 6.70. The highest BCUT2D eigenvalue weighted by atomic mass is 19.4. The fourth-order valence-corrected chi connectivity index (χ4v) is 4.40. The highest BCUT2D eigenvalue weighted by molar-refractivity contribution is 5.89. The van der Waals surface area contributed by atoms with E-state index in [0.717, 1.165) is 31.8 Å². The molecule has 12 heteroatoms. The largest absolute Gasteiger partial charge is 0.497 e. The lowest BCUT2D eigenvalue weighted by atomic mass is 10.1. The maximum absolute atomic E-state index is 13.1. The fraction of sp³-hybridized carbons (Fsp3) is 0.345. The smallest absolute Gasteiger partial charge is 0.416 e. The van der Waals surface area contributed by atoms with Crippen LogP contribution < -0.4 is 14.8 Å². The van der Waals surface area contributed by atoms with Gasteiger partial charge in [-0.05, 0) is 72.1 Å². The molecule has 0 radical (unpaired) electrons. The summed E-state index contributed by atoms with van der Waals surface area (Å²) in [6, 6.07) is 15.0. The number of methoxy groups -OCH3 is 1. The zero-order valence-corrected chi connectivity index (χ0v) is 22.2. The van der Waals surface area contributed by atoms with Crippen LogP contribution in [0.25, 0.3) is 0 Å². The van der Waals surface area contributed by atoms with Crippen LogP contribution in [0, 0.1) is 0 Å². The van der Waals surface area contributed by atoms with Crippen LogP contribution in [-0.2, 0) is 25.4 Å². The average molecular weight is 582 g/mol. The van der Waals surface area contributed by atoms with Crippen LogP contribution in [0.2, 0.25) is 0 Å². The number of hydrogen-bond donors (Lipinski definition) is 1. The first kappa shape index (κ1) is 30.0. The van der Waals surface area contributed by atoms with E-state index in [4.69, 9.17) is 9.47 Å². The van der Waals surface area contributed by atoms with Crippen LogP contribution in [0.5, 0.6) is 11.5 Å². The number of urea groups is 1. The zero-order valence-electron chi connectivity index (χ0n) is 22.2. The predicted molar refractivity (Wildman–Crippen MR) is 141 cm³/mol. The summed E-state index contributed by atoms with van der Waals surface area (Å²) in [5, 5.41) is 2.80. The Kier molecular flexibility index (Phi) is 9.31. The zero-order chi connectivity index (χ0) is 29.6. The lowest BCUT2D eigenvalue weighted by Gasteiger charge is -2.34. The number of rotatable bonds is 8. The van der Waals surface area contributed by atoms with Crippen LogP contribution in [-0.4, -0.2) is 55.7 Å². The van der Waals surface area contributed by atoms with Gasteiger partial charge in [0.15, 0.2) is 0 Å². The lowest BCUT2D eigenvalue weighted by molar-refractivity contribution is -0.143. The standard InChI is InChI=1S/C29H29F6N3O3/c1-40-26-4-2-3-20(17-26)9-10-37-11-13-38(14-12-37)27(39)36-24-5-7-25(8-6-24)41-19-21-15-22(28(30,31)32)18-23(16-21)29(33,34)35/h2-8,15-18H,9-14,19H2,1H3,(H,36,39). The van der Waals surface area contributed by atoms with E-state index >= 15 is 0 Å². The van der Waals surface area contributed by atoms with Gasteiger partial charge in [0.05, 0.1) is 18.2 Å². The second-order valence-corrected chi connectivity index (χ2v) is 9.59. The third-order valence-corrected chi connectivity index (χ3v) is 6.67. The normalized spacial score (nSPS) is 14.6. The van der Waals surface area contributed by atoms with Crippen molar-refractivity contribution in [2.75, 3.05) is 45.2 Å². The molecule has 3 aromatic carbocycles. The van der Waals surface area contributed by atoms with Gasteiger partial charge in [-0.15, -0.1) is 0 Å². The molecule has 0 saturated carbocycles. The molecule has 1 aliphatic rings. The molecule has 0 atom stereocenters. The number of alkyl halides is 6. The number of piperazine rings is 1. The Hall–Kier alpha value is -3.93. The van der Waals surface area contributed by atoms with Crippen molar-refractivity contribution in [3.05, 3.63) is 89.0 Å². The van der Waals surface area contributed by atoms with Crippen LogP contribution in [0.4, 0.5) is 36.8 Å². The van der Waals surface area contributed by atoms with E-state index in [1.807, 2.05) is 18.2 Å². The maximum Gasteiger partial charge on any atom is 0.416 e. The molecule has 3 aromatic rings. The van der Waals surface area contributed by atoms with Crippen LogP contribution in [0.3, 0.4) is 0 Å². The number of anilines is 1. The molecule has 0 spiro atoms. The number of nitrogens with one attached hydrogen (secondary N) is 1.